The lowest BCUT2D eigenvalue weighted by molar-refractivity contribution is -0.156. The molecule has 0 unspecified atom stereocenters. The standard InChI is InChI=1S/C22H27ClN4O/c1-15(18-3-5-19(6-4-18)27-14-24-13-25-27)26(2)20(28)21-8-16-7-17(9-21)11-22(23,10-16)12-21/h3-6,13-17H,7-12H2,1-2H3/t15-,16-,17-,21?,22?/m1/s1. The molecule has 4 aliphatic carbocycles. The van der Waals surface area contributed by atoms with E-state index < -0.39 is 0 Å². The minimum Gasteiger partial charge on any atom is -0.339 e. The first kappa shape index (κ1) is 18.2. The fourth-order valence-electron chi connectivity index (χ4n) is 6.42. The summed E-state index contributed by atoms with van der Waals surface area (Å²) in [6.45, 7) is 2.11. The van der Waals surface area contributed by atoms with E-state index in [2.05, 4.69) is 29.1 Å². The molecule has 4 fully saturated rings. The Balaban J connectivity index is 1.36. The highest BCUT2D eigenvalue weighted by Crippen LogP contribution is 2.64. The Hall–Kier alpha value is -1.88. The van der Waals surface area contributed by atoms with Crippen molar-refractivity contribution in [3.05, 3.63) is 42.5 Å². The molecule has 148 valence electrons. The second-order valence-electron chi connectivity index (χ2n) is 9.42. The predicted molar refractivity (Wildman–Crippen MR) is 108 cm³/mol. The normalized spacial score (nSPS) is 34.4. The molecule has 0 N–H and O–H groups in total. The van der Waals surface area contributed by atoms with Gasteiger partial charge in [-0.15, -0.1) is 11.6 Å². The third-order valence-corrected chi connectivity index (χ3v) is 7.85. The summed E-state index contributed by atoms with van der Waals surface area (Å²) in [4.78, 5) is 19.5. The largest absolute Gasteiger partial charge is 0.339 e. The van der Waals surface area contributed by atoms with Gasteiger partial charge in [0.1, 0.15) is 12.7 Å². The van der Waals surface area contributed by atoms with Crippen LogP contribution in [0.5, 0.6) is 0 Å². The van der Waals surface area contributed by atoms with Gasteiger partial charge in [-0.25, -0.2) is 9.67 Å². The minimum absolute atomic E-state index is 0.0246. The summed E-state index contributed by atoms with van der Waals surface area (Å²) in [5.41, 5.74) is 1.85. The SMILES string of the molecule is C[C@H](c1ccc(-n2cncn2)cc1)N(C)C(=O)C12C[C@H]3C[C@@H](CC(Cl)(C3)C1)C2. The molecule has 1 heterocycles. The van der Waals surface area contributed by atoms with Gasteiger partial charge in [0.15, 0.2) is 0 Å². The Kier molecular flexibility index (Phi) is 4.10. The molecule has 2 aromatic rings. The highest BCUT2D eigenvalue weighted by atomic mass is 35.5. The number of alkyl halides is 1. The van der Waals surface area contributed by atoms with Gasteiger partial charge in [0.25, 0.3) is 0 Å². The van der Waals surface area contributed by atoms with Crippen LogP contribution in [-0.2, 0) is 4.79 Å². The van der Waals surface area contributed by atoms with Gasteiger partial charge in [-0.2, -0.15) is 5.10 Å². The fourth-order valence-corrected chi connectivity index (χ4v) is 7.11. The molecule has 1 aromatic heterocycles. The second kappa shape index (κ2) is 6.31. The van der Waals surface area contributed by atoms with Crippen molar-refractivity contribution >= 4 is 17.5 Å². The number of hydrogen-bond acceptors (Lipinski definition) is 3. The topological polar surface area (TPSA) is 51.0 Å². The smallest absolute Gasteiger partial charge is 0.229 e. The molecule has 1 aromatic carbocycles. The summed E-state index contributed by atoms with van der Waals surface area (Å²) in [5.74, 6) is 1.56. The molecule has 6 heteroatoms. The number of benzene rings is 1. The van der Waals surface area contributed by atoms with Gasteiger partial charge in [-0.3, -0.25) is 4.79 Å². The molecule has 4 saturated carbocycles. The summed E-state index contributed by atoms with van der Waals surface area (Å²) in [6, 6.07) is 8.23. The number of aromatic nitrogens is 3. The van der Waals surface area contributed by atoms with E-state index in [4.69, 9.17) is 11.6 Å². The number of carbonyl (C=O) groups is 1. The van der Waals surface area contributed by atoms with Gasteiger partial charge in [0.05, 0.1) is 17.1 Å². The van der Waals surface area contributed by atoms with Crippen LogP contribution in [0.3, 0.4) is 0 Å². The zero-order chi connectivity index (χ0) is 19.5. The van der Waals surface area contributed by atoms with Gasteiger partial charge >= 0.3 is 0 Å². The number of hydrogen-bond donors (Lipinski definition) is 0. The Bertz CT molecular complexity index is 864. The average Bonchev–Trinajstić information content (AvgIpc) is 3.19. The summed E-state index contributed by atoms with van der Waals surface area (Å²) in [5, 5.41) is 4.17. The fraction of sp³-hybridized carbons (Fsp3) is 0.591. The van der Waals surface area contributed by atoms with Crippen molar-refractivity contribution in [3.8, 4) is 5.69 Å². The van der Waals surface area contributed by atoms with Crippen LogP contribution in [0.2, 0.25) is 0 Å². The molecule has 0 saturated heterocycles. The summed E-state index contributed by atoms with van der Waals surface area (Å²) < 4.78 is 1.73. The third kappa shape index (κ3) is 2.86. The van der Waals surface area contributed by atoms with E-state index in [1.165, 1.54) is 12.7 Å². The van der Waals surface area contributed by atoms with Crippen molar-refractivity contribution in [2.24, 2.45) is 17.3 Å². The van der Waals surface area contributed by atoms with E-state index in [1.807, 2.05) is 24.1 Å². The predicted octanol–water partition coefficient (Wildman–Crippen LogP) is 4.36. The zero-order valence-electron chi connectivity index (χ0n) is 16.5. The molecule has 3 atom stereocenters. The van der Waals surface area contributed by atoms with Crippen LogP contribution in [0.1, 0.15) is 57.1 Å². The molecular formula is C22H27ClN4O. The lowest BCUT2D eigenvalue weighted by Gasteiger charge is -2.59. The molecule has 5 nitrogen and oxygen atoms in total. The second-order valence-corrected chi connectivity index (χ2v) is 10.2. The number of rotatable bonds is 4. The molecular weight excluding hydrogens is 372 g/mol. The lowest BCUT2D eigenvalue weighted by Crippen LogP contribution is -2.58. The van der Waals surface area contributed by atoms with Gasteiger partial charge in [-0.05, 0) is 75.0 Å². The van der Waals surface area contributed by atoms with E-state index in [0.29, 0.717) is 17.7 Å². The Labute approximate surface area is 171 Å². The van der Waals surface area contributed by atoms with Crippen molar-refractivity contribution in [1.29, 1.82) is 0 Å². The van der Waals surface area contributed by atoms with Crippen molar-refractivity contribution in [2.45, 2.75) is 56.4 Å². The molecule has 0 radical (unpaired) electrons. The molecule has 0 aliphatic heterocycles. The van der Waals surface area contributed by atoms with Gasteiger partial charge in [0.2, 0.25) is 5.91 Å². The van der Waals surface area contributed by atoms with Crippen LogP contribution in [0.25, 0.3) is 5.69 Å². The van der Waals surface area contributed by atoms with Crippen molar-refractivity contribution < 1.29 is 4.79 Å². The first-order chi connectivity index (χ1) is 13.4. The number of carbonyl (C=O) groups excluding carboxylic acids is 1. The summed E-state index contributed by atoms with van der Waals surface area (Å²) in [6.07, 6.45) is 9.59. The van der Waals surface area contributed by atoms with E-state index >= 15 is 0 Å². The molecule has 6 rings (SSSR count). The Morgan fingerprint density at radius 2 is 1.89 bits per heavy atom. The number of halogens is 1. The van der Waals surface area contributed by atoms with Crippen LogP contribution in [0.15, 0.2) is 36.9 Å². The molecule has 1 amide bonds. The van der Waals surface area contributed by atoms with Crippen molar-refractivity contribution in [2.75, 3.05) is 7.05 Å². The van der Waals surface area contributed by atoms with Crippen LogP contribution >= 0.6 is 11.6 Å². The van der Waals surface area contributed by atoms with E-state index in [0.717, 1.165) is 43.4 Å². The monoisotopic (exact) mass is 398 g/mol. The van der Waals surface area contributed by atoms with Crippen LogP contribution in [0, 0.1) is 17.3 Å². The quantitative estimate of drug-likeness (QED) is 0.719. The molecule has 4 aliphatic rings. The van der Waals surface area contributed by atoms with E-state index in [9.17, 15) is 4.79 Å². The summed E-state index contributed by atoms with van der Waals surface area (Å²) >= 11 is 6.95. The molecule has 0 spiro atoms. The number of amides is 1. The van der Waals surface area contributed by atoms with E-state index in [1.54, 1.807) is 11.0 Å². The maximum atomic E-state index is 13.7. The van der Waals surface area contributed by atoms with Crippen molar-refractivity contribution in [1.82, 2.24) is 19.7 Å². The van der Waals surface area contributed by atoms with Gasteiger partial charge in [-0.1, -0.05) is 12.1 Å². The maximum absolute atomic E-state index is 13.7. The Morgan fingerprint density at radius 3 is 2.46 bits per heavy atom. The van der Waals surface area contributed by atoms with E-state index in [-0.39, 0.29) is 16.3 Å². The number of nitrogens with zero attached hydrogens (tertiary/aromatic N) is 4. The van der Waals surface area contributed by atoms with Gasteiger partial charge in [0, 0.05) is 11.9 Å². The lowest BCUT2D eigenvalue weighted by atomic mass is 9.49. The van der Waals surface area contributed by atoms with Gasteiger partial charge < -0.3 is 4.90 Å². The van der Waals surface area contributed by atoms with Crippen molar-refractivity contribution in [3.63, 3.8) is 0 Å². The maximum Gasteiger partial charge on any atom is 0.229 e. The minimum atomic E-state index is -0.241. The first-order valence-electron chi connectivity index (χ1n) is 10.3. The first-order valence-corrected chi connectivity index (χ1v) is 10.7. The van der Waals surface area contributed by atoms with Crippen LogP contribution in [-0.4, -0.2) is 37.5 Å². The van der Waals surface area contributed by atoms with Crippen LogP contribution < -0.4 is 0 Å². The highest BCUT2D eigenvalue weighted by Gasteiger charge is 2.60. The average molecular weight is 399 g/mol. The summed E-state index contributed by atoms with van der Waals surface area (Å²) in [7, 11) is 1.96. The zero-order valence-corrected chi connectivity index (χ0v) is 17.3. The Morgan fingerprint density at radius 1 is 1.21 bits per heavy atom. The third-order valence-electron chi connectivity index (χ3n) is 7.40. The highest BCUT2D eigenvalue weighted by molar-refractivity contribution is 6.24. The molecule has 4 bridgehead atoms. The molecule has 28 heavy (non-hydrogen) atoms. The van der Waals surface area contributed by atoms with Crippen LogP contribution in [0.4, 0.5) is 0 Å².